The largest absolute Gasteiger partial charge is 0.497 e. The Hall–Kier alpha value is -2.00. The van der Waals surface area contributed by atoms with Crippen molar-refractivity contribution in [1.29, 1.82) is 0 Å². The van der Waals surface area contributed by atoms with E-state index in [9.17, 15) is 9.59 Å². The molecular formula is C19H28N4O3S2. The Balaban J connectivity index is 1.88. The molecule has 1 saturated carbocycles. The van der Waals surface area contributed by atoms with Crippen molar-refractivity contribution >= 4 is 40.9 Å². The number of benzene rings is 1. The van der Waals surface area contributed by atoms with E-state index in [1.54, 1.807) is 43.1 Å². The normalized spacial score (nSPS) is 14.8. The molecule has 0 bridgehead atoms. The lowest BCUT2D eigenvalue weighted by molar-refractivity contribution is -0.123. The number of thiocarbonyl (C=S) groups is 1. The quantitative estimate of drug-likeness (QED) is 0.375. The van der Waals surface area contributed by atoms with Crippen molar-refractivity contribution < 1.29 is 14.3 Å². The van der Waals surface area contributed by atoms with Crippen LogP contribution in [-0.2, 0) is 4.79 Å². The predicted octanol–water partition coefficient (Wildman–Crippen LogP) is 1.98. The highest BCUT2D eigenvalue weighted by Crippen LogP contribution is 2.17. The van der Waals surface area contributed by atoms with Gasteiger partial charge in [0.2, 0.25) is 0 Å². The fraction of sp³-hybridized carbons (Fsp3) is 0.526. The van der Waals surface area contributed by atoms with Gasteiger partial charge >= 0.3 is 0 Å². The SMILES string of the molecule is COc1ccc(C(=O)N[C@H](CCSC)C(=O)NNC(=S)NC2CCCC2)cc1. The summed E-state index contributed by atoms with van der Waals surface area (Å²) in [4.78, 5) is 25.0. The number of carbonyl (C=O) groups excluding carboxylic acids is 2. The van der Waals surface area contributed by atoms with Crippen molar-refractivity contribution in [2.24, 2.45) is 0 Å². The molecule has 0 unspecified atom stereocenters. The average Bonchev–Trinajstić information content (AvgIpc) is 3.22. The minimum atomic E-state index is -0.663. The van der Waals surface area contributed by atoms with Crippen LogP contribution in [0.3, 0.4) is 0 Å². The molecule has 0 radical (unpaired) electrons. The molecule has 1 aromatic rings. The summed E-state index contributed by atoms with van der Waals surface area (Å²) in [6, 6.07) is 6.44. The Labute approximate surface area is 175 Å². The molecule has 1 atom stereocenters. The first-order valence-corrected chi connectivity index (χ1v) is 11.1. The zero-order chi connectivity index (χ0) is 20.4. The van der Waals surface area contributed by atoms with E-state index in [0.717, 1.165) is 18.6 Å². The number of carbonyl (C=O) groups is 2. The molecule has 1 aliphatic rings. The Morgan fingerprint density at radius 1 is 1.21 bits per heavy atom. The summed E-state index contributed by atoms with van der Waals surface area (Å²) >= 11 is 6.85. The summed E-state index contributed by atoms with van der Waals surface area (Å²) in [6.07, 6.45) is 7.04. The van der Waals surface area contributed by atoms with E-state index in [0.29, 0.717) is 28.9 Å². The highest BCUT2D eigenvalue weighted by atomic mass is 32.2. The third-order valence-electron chi connectivity index (χ3n) is 4.57. The number of ether oxygens (including phenoxy) is 1. The molecule has 4 N–H and O–H groups in total. The van der Waals surface area contributed by atoms with Crippen LogP contribution in [0.25, 0.3) is 0 Å². The maximum absolute atomic E-state index is 12.6. The van der Waals surface area contributed by atoms with Gasteiger partial charge in [-0.3, -0.25) is 20.4 Å². The first-order valence-electron chi connectivity index (χ1n) is 9.33. The van der Waals surface area contributed by atoms with Gasteiger partial charge in [0.15, 0.2) is 5.11 Å². The zero-order valence-electron chi connectivity index (χ0n) is 16.2. The molecule has 2 rings (SSSR count). The first-order chi connectivity index (χ1) is 13.5. The van der Waals surface area contributed by atoms with Gasteiger partial charge in [-0.2, -0.15) is 11.8 Å². The Bertz CT molecular complexity index is 664. The second-order valence-corrected chi connectivity index (χ2v) is 8.00. The van der Waals surface area contributed by atoms with Gasteiger partial charge in [-0.25, -0.2) is 0 Å². The second kappa shape index (κ2) is 11.8. The fourth-order valence-corrected chi connectivity index (χ4v) is 3.67. The molecule has 0 heterocycles. The Morgan fingerprint density at radius 3 is 2.50 bits per heavy atom. The maximum atomic E-state index is 12.6. The van der Waals surface area contributed by atoms with Gasteiger partial charge in [0, 0.05) is 11.6 Å². The van der Waals surface area contributed by atoms with Gasteiger partial charge in [0.05, 0.1) is 7.11 Å². The molecule has 2 amide bonds. The molecule has 9 heteroatoms. The number of rotatable bonds is 8. The van der Waals surface area contributed by atoms with Crippen molar-refractivity contribution in [3.05, 3.63) is 29.8 Å². The summed E-state index contributed by atoms with van der Waals surface area (Å²) in [7, 11) is 1.57. The molecule has 7 nitrogen and oxygen atoms in total. The lowest BCUT2D eigenvalue weighted by Gasteiger charge is -2.20. The van der Waals surface area contributed by atoms with Crippen LogP contribution in [0.15, 0.2) is 24.3 Å². The van der Waals surface area contributed by atoms with Crippen LogP contribution in [0, 0.1) is 0 Å². The molecule has 0 aromatic heterocycles. The highest BCUT2D eigenvalue weighted by Gasteiger charge is 2.22. The number of amides is 2. The molecule has 28 heavy (non-hydrogen) atoms. The van der Waals surface area contributed by atoms with Gasteiger partial charge in [0.25, 0.3) is 11.8 Å². The van der Waals surface area contributed by atoms with Gasteiger partial charge in [-0.05, 0) is 67.8 Å². The summed E-state index contributed by atoms with van der Waals surface area (Å²) in [5.41, 5.74) is 5.81. The van der Waals surface area contributed by atoms with E-state index in [-0.39, 0.29) is 11.8 Å². The van der Waals surface area contributed by atoms with Crippen molar-refractivity contribution in [3.8, 4) is 5.75 Å². The minimum absolute atomic E-state index is 0.310. The van der Waals surface area contributed by atoms with Crippen molar-refractivity contribution in [1.82, 2.24) is 21.5 Å². The van der Waals surface area contributed by atoms with E-state index < -0.39 is 6.04 Å². The molecule has 1 fully saturated rings. The smallest absolute Gasteiger partial charge is 0.260 e. The van der Waals surface area contributed by atoms with Crippen molar-refractivity contribution in [2.75, 3.05) is 19.1 Å². The molecule has 1 aromatic carbocycles. The number of nitrogens with one attached hydrogen (secondary N) is 4. The van der Waals surface area contributed by atoms with E-state index in [1.807, 2.05) is 6.26 Å². The van der Waals surface area contributed by atoms with Crippen LogP contribution in [0.4, 0.5) is 0 Å². The number of hydrogen-bond donors (Lipinski definition) is 4. The summed E-state index contributed by atoms with van der Waals surface area (Å²) < 4.78 is 5.10. The molecule has 0 aliphatic heterocycles. The minimum Gasteiger partial charge on any atom is -0.497 e. The predicted molar refractivity (Wildman–Crippen MR) is 117 cm³/mol. The van der Waals surface area contributed by atoms with Crippen LogP contribution in [0.5, 0.6) is 5.75 Å². The molecule has 0 saturated heterocycles. The summed E-state index contributed by atoms with van der Waals surface area (Å²) in [6.45, 7) is 0. The topological polar surface area (TPSA) is 91.5 Å². The molecule has 0 spiro atoms. The monoisotopic (exact) mass is 424 g/mol. The third-order valence-corrected chi connectivity index (χ3v) is 5.44. The zero-order valence-corrected chi connectivity index (χ0v) is 17.9. The first kappa shape index (κ1) is 22.3. The lowest BCUT2D eigenvalue weighted by atomic mass is 10.1. The summed E-state index contributed by atoms with van der Waals surface area (Å²) in [5, 5.41) is 6.38. The van der Waals surface area contributed by atoms with Gasteiger partial charge < -0.3 is 15.4 Å². The van der Waals surface area contributed by atoms with E-state index in [2.05, 4.69) is 21.5 Å². The van der Waals surface area contributed by atoms with Crippen molar-refractivity contribution in [3.63, 3.8) is 0 Å². The third kappa shape index (κ3) is 7.20. The van der Waals surface area contributed by atoms with Gasteiger partial charge in [-0.15, -0.1) is 0 Å². The number of methoxy groups -OCH3 is 1. The molecule has 154 valence electrons. The maximum Gasteiger partial charge on any atom is 0.260 e. The van der Waals surface area contributed by atoms with Crippen LogP contribution in [0.1, 0.15) is 42.5 Å². The highest BCUT2D eigenvalue weighted by molar-refractivity contribution is 7.98. The second-order valence-electron chi connectivity index (χ2n) is 6.61. The fourth-order valence-electron chi connectivity index (χ4n) is 2.99. The lowest BCUT2D eigenvalue weighted by Crippen LogP contribution is -2.55. The van der Waals surface area contributed by atoms with Crippen LogP contribution in [-0.4, -0.2) is 48.1 Å². The standard InChI is InChI=1S/C19H28N4O3S2/c1-26-15-9-7-13(8-10-15)17(24)21-16(11-12-28-2)18(25)22-23-19(27)20-14-5-3-4-6-14/h7-10,14,16H,3-6,11-12H2,1-2H3,(H,21,24)(H,22,25)(H2,20,23,27)/t16-/m1/s1. The van der Waals surface area contributed by atoms with Crippen LogP contribution in [0.2, 0.25) is 0 Å². The number of hydrazine groups is 1. The Morgan fingerprint density at radius 2 is 1.89 bits per heavy atom. The average molecular weight is 425 g/mol. The summed E-state index contributed by atoms with van der Waals surface area (Å²) in [5.74, 6) is 0.772. The Kier molecular flexibility index (Phi) is 9.36. The van der Waals surface area contributed by atoms with Crippen LogP contribution < -0.4 is 26.2 Å². The number of hydrogen-bond acceptors (Lipinski definition) is 5. The van der Waals surface area contributed by atoms with Gasteiger partial charge in [0.1, 0.15) is 11.8 Å². The molecule has 1 aliphatic carbocycles. The van der Waals surface area contributed by atoms with E-state index in [4.69, 9.17) is 17.0 Å². The van der Waals surface area contributed by atoms with Gasteiger partial charge in [-0.1, -0.05) is 12.8 Å². The number of thioether (sulfide) groups is 1. The van der Waals surface area contributed by atoms with E-state index in [1.165, 1.54) is 12.8 Å². The molecular weight excluding hydrogens is 396 g/mol. The van der Waals surface area contributed by atoms with Crippen LogP contribution >= 0.6 is 24.0 Å². The van der Waals surface area contributed by atoms with Crippen molar-refractivity contribution in [2.45, 2.75) is 44.2 Å². The van der Waals surface area contributed by atoms with E-state index >= 15 is 0 Å².